The third kappa shape index (κ3) is 8.20. The summed E-state index contributed by atoms with van der Waals surface area (Å²) in [6.45, 7) is 3.82. The van der Waals surface area contributed by atoms with Gasteiger partial charge in [-0.05, 0) is 6.42 Å². The molecule has 0 N–H and O–H groups in total. The Labute approximate surface area is 80.7 Å². The summed E-state index contributed by atoms with van der Waals surface area (Å²) in [5, 5.41) is 0. The SMILES string of the molecule is CCCCCCCC[C@H](C)C(F)F. The first kappa shape index (κ1) is 12.9. The van der Waals surface area contributed by atoms with Crippen molar-refractivity contribution in [2.24, 2.45) is 5.92 Å². The Hall–Kier alpha value is -0.140. The van der Waals surface area contributed by atoms with Crippen LogP contribution in [0.3, 0.4) is 0 Å². The summed E-state index contributed by atoms with van der Waals surface area (Å²) in [6.07, 6.45) is 5.65. The smallest absolute Gasteiger partial charge is 0.210 e. The molecule has 0 aromatic rings. The van der Waals surface area contributed by atoms with Gasteiger partial charge in [0, 0.05) is 5.92 Å². The highest BCUT2D eigenvalue weighted by molar-refractivity contribution is 4.55. The number of unbranched alkanes of at least 4 members (excludes halogenated alkanes) is 5. The highest BCUT2D eigenvalue weighted by Crippen LogP contribution is 2.17. The van der Waals surface area contributed by atoms with Crippen LogP contribution in [-0.4, -0.2) is 6.43 Å². The highest BCUT2D eigenvalue weighted by atomic mass is 19.3. The molecule has 2 heteroatoms. The van der Waals surface area contributed by atoms with Gasteiger partial charge < -0.3 is 0 Å². The van der Waals surface area contributed by atoms with Gasteiger partial charge in [-0.1, -0.05) is 52.4 Å². The van der Waals surface area contributed by atoms with Crippen LogP contribution in [0.2, 0.25) is 0 Å². The van der Waals surface area contributed by atoms with E-state index in [1.54, 1.807) is 6.92 Å². The maximum atomic E-state index is 12.1. The monoisotopic (exact) mass is 192 g/mol. The minimum absolute atomic E-state index is 0.411. The van der Waals surface area contributed by atoms with Crippen molar-refractivity contribution in [3.63, 3.8) is 0 Å². The summed E-state index contributed by atoms with van der Waals surface area (Å²) < 4.78 is 24.1. The molecule has 0 nitrogen and oxygen atoms in total. The van der Waals surface area contributed by atoms with Gasteiger partial charge in [-0.2, -0.15) is 0 Å². The normalized spacial score (nSPS) is 13.6. The van der Waals surface area contributed by atoms with Gasteiger partial charge in [0.2, 0.25) is 6.43 Å². The molecule has 0 rings (SSSR count). The second-order valence-electron chi connectivity index (χ2n) is 3.87. The van der Waals surface area contributed by atoms with Crippen LogP contribution in [0, 0.1) is 5.92 Å². The van der Waals surface area contributed by atoms with Gasteiger partial charge in [0.1, 0.15) is 0 Å². The Morgan fingerprint density at radius 1 is 0.923 bits per heavy atom. The molecule has 0 aliphatic heterocycles. The molecule has 1 atom stereocenters. The maximum absolute atomic E-state index is 12.1. The number of hydrogen-bond acceptors (Lipinski definition) is 0. The average Bonchev–Trinajstić information content (AvgIpc) is 2.10. The lowest BCUT2D eigenvalue weighted by molar-refractivity contribution is 0.0804. The van der Waals surface area contributed by atoms with Crippen molar-refractivity contribution in [1.82, 2.24) is 0 Å². The third-order valence-electron chi connectivity index (χ3n) is 2.44. The zero-order valence-electron chi connectivity index (χ0n) is 8.86. The first-order valence-electron chi connectivity index (χ1n) is 5.46. The topological polar surface area (TPSA) is 0 Å². The molecule has 0 heterocycles. The van der Waals surface area contributed by atoms with E-state index in [2.05, 4.69) is 6.92 Å². The van der Waals surface area contributed by atoms with Crippen molar-refractivity contribution < 1.29 is 8.78 Å². The summed E-state index contributed by atoms with van der Waals surface area (Å²) in [5.41, 5.74) is 0. The molecule has 0 bridgehead atoms. The minimum Gasteiger partial charge on any atom is -0.210 e. The largest absolute Gasteiger partial charge is 0.241 e. The van der Waals surface area contributed by atoms with E-state index in [0.29, 0.717) is 6.42 Å². The average molecular weight is 192 g/mol. The van der Waals surface area contributed by atoms with E-state index in [1.165, 1.54) is 25.7 Å². The Balaban J connectivity index is 3.07. The van der Waals surface area contributed by atoms with Crippen molar-refractivity contribution in [1.29, 1.82) is 0 Å². The molecule has 13 heavy (non-hydrogen) atoms. The van der Waals surface area contributed by atoms with E-state index >= 15 is 0 Å². The van der Waals surface area contributed by atoms with Gasteiger partial charge in [0.15, 0.2) is 0 Å². The quantitative estimate of drug-likeness (QED) is 0.491. The molecular formula is C11H22F2. The molecule has 0 aromatic carbocycles. The van der Waals surface area contributed by atoms with Crippen molar-refractivity contribution in [3.05, 3.63) is 0 Å². The number of rotatable bonds is 8. The molecule has 0 aliphatic carbocycles. The Morgan fingerprint density at radius 2 is 1.46 bits per heavy atom. The van der Waals surface area contributed by atoms with E-state index in [9.17, 15) is 8.78 Å². The van der Waals surface area contributed by atoms with E-state index < -0.39 is 12.3 Å². The van der Waals surface area contributed by atoms with E-state index in [-0.39, 0.29) is 0 Å². The standard InChI is InChI=1S/C11H22F2/c1-3-4-5-6-7-8-9-10(2)11(12)13/h10-11H,3-9H2,1-2H3/t10-/m0/s1. The van der Waals surface area contributed by atoms with Crippen LogP contribution >= 0.6 is 0 Å². The second kappa shape index (κ2) is 8.46. The van der Waals surface area contributed by atoms with Gasteiger partial charge in [-0.15, -0.1) is 0 Å². The summed E-state index contributed by atoms with van der Waals surface area (Å²) in [6, 6.07) is 0. The zero-order chi connectivity index (χ0) is 10.1. The maximum Gasteiger partial charge on any atom is 0.241 e. The molecular weight excluding hydrogens is 170 g/mol. The van der Waals surface area contributed by atoms with Gasteiger partial charge >= 0.3 is 0 Å². The molecule has 0 fully saturated rings. The molecule has 0 aliphatic rings. The second-order valence-corrected chi connectivity index (χ2v) is 3.87. The first-order valence-corrected chi connectivity index (χ1v) is 5.46. The molecule has 0 spiro atoms. The number of alkyl halides is 2. The summed E-state index contributed by atoms with van der Waals surface area (Å²) >= 11 is 0. The lowest BCUT2D eigenvalue weighted by atomic mass is 10.0. The van der Waals surface area contributed by atoms with Crippen LogP contribution < -0.4 is 0 Å². The predicted molar refractivity (Wildman–Crippen MR) is 53.2 cm³/mol. The van der Waals surface area contributed by atoms with Crippen LogP contribution in [0.25, 0.3) is 0 Å². The van der Waals surface area contributed by atoms with Crippen molar-refractivity contribution in [2.45, 2.75) is 65.2 Å². The lowest BCUT2D eigenvalue weighted by Gasteiger charge is -2.08. The highest BCUT2D eigenvalue weighted by Gasteiger charge is 2.13. The molecule has 0 unspecified atom stereocenters. The van der Waals surface area contributed by atoms with Crippen LogP contribution in [0.4, 0.5) is 8.78 Å². The molecule has 0 saturated carbocycles. The number of halogens is 2. The van der Waals surface area contributed by atoms with Crippen LogP contribution in [0.1, 0.15) is 58.8 Å². The Bertz CT molecular complexity index is 102. The van der Waals surface area contributed by atoms with Crippen molar-refractivity contribution in [3.8, 4) is 0 Å². The first-order chi connectivity index (χ1) is 6.18. The Kier molecular flexibility index (Phi) is 8.37. The van der Waals surface area contributed by atoms with Crippen molar-refractivity contribution >= 4 is 0 Å². The summed E-state index contributed by atoms with van der Waals surface area (Å²) in [4.78, 5) is 0. The fourth-order valence-corrected chi connectivity index (χ4v) is 1.37. The molecule has 0 aromatic heterocycles. The summed E-state index contributed by atoms with van der Waals surface area (Å²) in [5.74, 6) is -0.411. The predicted octanol–water partition coefficient (Wildman–Crippen LogP) is 4.64. The van der Waals surface area contributed by atoms with Crippen LogP contribution in [0.15, 0.2) is 0 Å². The molecule has 0 saturated heterocycles. The van der Waals surface area contributed by atoms with Crippen LogP contribution in [0.5, 0.6) is 0 Å². The van der Waals surface area contributed by atoms with E-state index in [4.69, 9.17) is 0 Å². The lowest BCUT2D eigenvalue weighted by Crippen LogP contribution is -2.05. The van der Waals surface area contributed by atoms with Crippen LogP contribution in [-0.2, 0) is 0 Å². The van der Waals surface area contributed by atoms with Crippen molar-refractivity contribution in [2.75, 3.05) is 0 Å². The third-order valence-corrected chi connectivity index (χ3v) is 2.44. The zero-order valence-corrected chi connectivity index (χ0v) is 8.86. The van der Waals surface area contributed by atoms with Gasteiger partial charge in [0.25, 0.3) is 0 Å². The van der Waals surface area contributed by atoms with Gasteiger partial charge in [0.05, 0.1) is 0 Å². The molecule has 80 valence electrons. The minimum atomic E-state index is -2.13. The fourth-order valence-electron chi connectivity index (χ4n) is 1.37. The van der Waals surface area contributed by atoms with Gasteiger partial charge in [-0.25, -0.2) is 8.78 Å². The molecule has 0 radical (unpaired) electrons. The Morgan fingerprint density at radius 3 is 2.00 bits per heavy atom. The van der Waals surface area contributed by atoms with E-state index in [1.807, 2.05) is 0 Å². The summed E-state index contributed by atoms with van der Waals surface area (Å²) in [7, 11) is 0. The van der Waals surface area contributed by atoms with E-state index in [0.717, 1.165) is 12.8 Å². The van der Waals surface area contributed by atoms with Gasteiger partial charge in [-0.3, -0.25) is 0 Å². The molecule has 0 amide bonds. The number of hydrogen-bond donors (Lipinski definition) is 0. The fraction of sp³-hybridized carbons (Fsp3) is 1.00.